The molecule has 0 rings (SSSR count). The van der Waals surface area contributed by atoms with Gasteiger partial charge in [-0.25, -0.2) is 0 Å². The standard InChI is InChI=1S/C33H71NO5Si2/c1-24(2)23-32(25(3)4)33(35)34(19-17-21-40(30(13)14,36-26(5)6)37-27(7)8)20-18-22-41(31(15)16,38-28(9)10)39-29(11)12/h24-32H,17-23H2,1-16H3. The summed E-state index contributed by atoms with van der Waals surface area (Å²) in [6.45, 7) is 36.0. The van der Waals surface area contributed by atoms with Gasteiger partial charge in [0.25, 0.3) is 0 Å². The predicted molar refractivity (Wildman–Crippen MR) is 180 cm³/mol. The molecule has 0 aromatic rings. The molecule has 1 amide bonds. The topological polar surface area (TPSA) is 57.2 Å². The Morgan fingerprint density at radius 3 is 1.10 bits per heavy atom. The van der Waals surface area contributed by atoms with Crippen LogP contribution in [0.4, 0.5) is 0 Å². The van der Waals surface area contributed by atoms with Crippen molar-refractivity contribution in [1.29, 1.82) is 0 Å². The highest BCUT2D eigenvalue weighted by atomic mass is 28.4. The van der Waals surface area contributed by atoms with E-state index in [0.29, 0.717) is 28.8 Å². The maximum absolute atomic E-state index is 14.1. The van der Waals surface area contributed by atoms with Crippen molar-refractivity contribution in [1.82, 2.24) is 4.90 Å². The molecule has 0 saturated carbocycles. The van der Waals surface area contributed by atoms with Crippen molar-refractivity contribution >= 4 is 23.0 Å². The summed E-state index contributed by atoms with van der Waals surface area (Å²) in [7, 11) is -4.92. The minimum absolute atomic E-state index is 0.0341. The molecule has 0 fully saturated rings. The van der Waals surface area contributed by atoms with E-state index in [1.165, 1.54) is 0 Å². The normalized spacial score (nSPS) is 14.2. The first-order valence-corrected chi connectivity index (χ1v) is 21.0. The maximum Gasteiger partial charge on any atom is 0.341 e. The molecule has 0 aromatic carbocycles. The van der Waals surface area contributed by atoms with Crippen LogP contribution in [0.5, 0.6) is 0 Å². The van der Waals surface area contributed by atoms with Gasteiger partial charge in [0.2, 0.25) is 5.91 Å². The van der Waals surface area contributed by atoms with Gasteiger partial charge in [0, 0.05) is 43.4 Å². The van der Waals surface area contributed by atoms with Crippen molar-refractivity contribution < 1.29 is 22.5 Å². The lowest BCUT2D eigenvalue weighted by Crippen LogP contribution is -2.50. The van der Waals surface area contributed by atoms with Gasteiger partial charge >= 0.3 is 17.1 Å². The number of rotatable bonds is 22. The van der Waals surface area contributed by atoms with Crippen LogP contribution in [0.25, 0.3) is 0 Å². The summed E-state index contributed by atoms with van der Waals surface area (Å²) in [6, 6.07) is 1.78. The Morgan fingerprint density at radius 1 is 0.561 bits per heavy atom. The zero-order chi connectivity index (χ0) is 32.1. The van der Waals surface area contributed by atoms with Crippen LogP contribution >= 0.6 is 0 Å². The molecule has 0 aliphatic rings. The first-order chi connectivity index (χ1) is 18.8. The third-order valence-corrected chi connectivity index (χ3v) is 16.7. The van der Waals surface area contributed by atoms with Crippen LogP contribution in [-0.2, 0) is 22.5 Å². The van der Waals surface area contributed by atoms with E-state index >= 15 is 0 Å². The van der Waals surface area contributed by atoms with Crippen molar-refractivity contribution in [2.24, 2.45) is 17.8 Å². The molecule has 8 heteroatoms. The Hall–Kier alpha value is -0.256. The number of carbonyl (C=O) groups is 1. The second-order valence-electron chi connectivity index (χ2n) is 14.6. The van der Waals surface area contributed by atoms with Crippen LogP contribution in [0.1, 0.15) is 130 Å². The zero-order valence-corrected chi connectivity index (χ0v) is 32.1. The SMILES string of the molecule is CC(C)CC(C(=O)N(CCC[Si](OC(C)C)(OC(C)C)C(C)C)CCC[Si](OC(C)C)(OC(C)C)C(C)C)C(C)C. The lowest BCUT2D eigenvalue weighted by Gasteiger charge is -2.39. The molecular weight excluding hydrogens is 547 g/mol. The first kappa shape index (κ1) is 40.7. The third-order valence-electron chi connectivity index (χ3n) is 7.57. The molecule has 0 heterocycles. The van der Waals surface area contributed by atoms with Gasteiger partial charge in [-0.15, -0.1) is 0 Å². The molecule has 0 aliphatic carbocycles. The van der Waals surface area contributed by atoms with Crippen molar-refractivity contribution in [3.05, 3.63) is 0 Å². The largest absolute Gasteiger partial charge is 0.392 e. The highest BCUT2D eigenvalue weighted by Gasteiger charge is 2.44. The van der Waals surface area contributed by atoms with Gasteiger partial charge in [0.15, 0.2) is 0 Å². The Balaban J connectivity index is 6.07. The second-order valence-corrected chi connectivity index (χ2v) is 22.1. The fraction of sp³-hybridized carbons (Fsp3) is 0.970. The Morgan fingerprint density at radius 2 is 0.878 bits per heavy atom. The fourth-order valence-corrected chi connectivity index (χ4v) is 13.1. The number of hydrogen-bond acceptors (Lipinski definition) is 5. The number of nitrogens with zero attached hydrogens (tertiary/aromatic N) is 1. The fourth-order valence-electron chi connectivity index (χ4n) is 5.77. The Kier molecular flexibility index (Phi) is 19.1. The van der Waals surface area contributed by atoms with Crippen LogP contribution in [0.3, 0.4) is 0 Å². The van der Waals surface area contributed by atoms with Gasteiger partial charge in [0.1, 0.15) is 0 Å². The van der Waals surface area contributed by atoms with Gasteiger partial charge < -0.3 is 22.6 Å². The van der Waals surface area contributed by atoms with E-state index in [1.54, 1.807) is 0 Å². The zero-order valence-electron chi connectivity index (χ0n) is 30.1. The van der Waals surface area contributed by atoms with E-state index in [2.05, 4.69) is 116 Å². The minimum Gasteiger partial charge on any atom is -0.392 e. The molecule has 0 saturated heterocycles. The number of carbonyl (C=O) groups excluding carboxylic acids is 1. The maximum atomic E-state index is 14.1. The van der Waals surface area contributed by atoms with E-state index < -0.39 is 17.1 Å². The molecule has 1 atom stereocenters. The molecule has 0 spiro atoms. The monoisotopic (exact) mass is 617 g/mol. The van der Waals surface area contributed by atoms with Crippen molar-refractivity contribution in [3.8, 4) is 0 Å². The molecule has 0 radical (unpaired) electrons. The molecule has 1 unspecified atom stereocenters. The van der Waals surface area contributed by atoms with Gasteiger partial charge in [-0.2, -0.15) is 0 Å². The third kappa shape index (κ3) is 14.9. The van der Waals surface area contributed by atoms with Crippen LogP contribution < -0.4 is 0 Å². The first-order valence-electron chi connectivity index (χ1n) is 16.8. The van der Waals surface area contributed by atoms with Crippen molar-refractivity contribution in [3.63, 3.8) is 0 Å². The summed E-state index contributed by atoms with van der Waals surface area (Å²) in [5.41, 5.74) is 0.666. The van der Waals surface area contributed by atoms with E-state index in [1.807, 2.05) is 0 Å². The number of hydrogen-bond donors (Lipinski definition) is 0. The summed E-state index contributed by atoms with van der Waals surface area (Å²) >= 11 is 0. The summed E-state index contributed by atoms with van der Waals surface area (Å²) in [5.74, 6) is 1.12. The van der Waals surface area contributed by atoms with Crippen molar-refractivity contribution in [2.75, 3.05) is 13.1 Å². The van der Waals surface area contributed by atoms with Crippen LogP contribution in [-0.4, -0.2) is 65.4 Å². The van der Waals surface area contributed by atoms with Gasteiger partial charge in [0.05, 0.1) is 0 Å². The van der Waals surface area contributed by atoms with E-state index in [4.69, 9.17) is 17.7 Å². The highest BCUT2D eigenvalue weighted by molar-refractivity contribution is 6.69. The average Bonchev–Trinajstić information content (AvgIpc) is 2.78. The molecule has 6 nitrogen and oxygen atoms in total. The Labute approximate surface area is 258 Å². The van der Waals surface area contributed by atoms with Gasteiger partial charge in [-0.05, 0) is 110 Å². The lowest BCUT2D eigenvalue weighted by atomic mass is 9.86. The van der Waals surface area contributed by atoms with Gasteiger partial charge in [-0.3, -0.25) is 4.79 Å². The summed E-state index contributed by atoms with van der Waals surface area (Å²) in [5, 5.41) is 0. The lowest BCUT2D eigenvalue weighted by molar-refractivity contribution is -0.137. The van der Waals surface area contributed by atoms with Crippen LogP contribution in [0.2, 0.25) is 23.2 Å². The van der Waals surface area contributed by atoms with Crippen LogP contribution in [0, 0.1) is 17.8 Å². The van der Waals surface area contributed by atoms with Crippen LogP contribution in [0.15, 0.2) is 0 Å². The highest BCUT2D eigenvalue weighted by Crippen LogP contribution is 2.34. The van der Waals surface area contributed by atoms with Gasteiger partial charge in [-0.1, -0.05) is 55.4 Å². The average molecular weight is 618 g/mol. The second kappa shape index (κ2) is 19.2. The van der Waals surface area contributed by atoms with E-state index in [0.717, 1.165) is 44.4 Å². The minimum atomic E-state index is -2.46. The summed E-state index contributed by atoms with van der Waals surface area (Å²) in [4.78, 5) is 16.3. The summed E-state index contributed by atoms with van der Waals surface area (Å²) < 4.78 is 26.4. The molecule has 0 N–H and O–H groups in total. The van der Waals surface area contributed by atoms with E-state index in [-0.39, 0.29) is 30.3 Å². The summed E-state index contributed by atoms with van der Waals surface area (Å²) in [6.07, 6.45) is 3.17. The molecule has 246 valence electrons. The smallest absolute Gasteiger partial charge is 0.341 e. The van der Waals surface area contributed by atoms with Crippen molar-refractivity contribution in [2.45, 2.75) is 178 Å². The Bertz CT molecular complexity index is 648. The molecule has 0 bridgehead atoms. The number of amides is 1. The molecule has 0 aliphatic heterocycles. The molecular formula is C33H71NO5Si2. The van der Waals surface area contributed by atoms with E-state index in [9.17, 15) is 4.79 Å². The predicted octanol–water partition coefficient (Wildman–Crippen LogP) is 9.32. The molecule has 0 aromatic heterocycles. The molecule has 41 heavy (non-hydrogen) atoms. The quantitative estimate of drug-likeness (QED) is 0.113.